The number of pyridine rings is 1. The predicted octanol–water partition coefficient (Wildman–Crippen LogP) is 1.11. The predicted molar refractivity (Wildman–Crippen MR) is 75.0 cm³/mol. The van der Waals surface area contributed by atoms with Gasteiger partial charge in [0.05, 0.1) is 24.1 Å². The molecular formula is C15H17FN4O2. The van der Waals surface area contributed by atoms with Crippen LogP contribution in [0.5, 0.6) is 0 Å². The van der Waals surface area contributed by atoms with Gasteiger partial charge in [0.1, 0.15) is 12.2 Å². The first-order valence-electron chi connectivity index (χ1n) is 7.36. The molecular weight excluding hydrogens is 287 g/mol. The highest BCUT2D eigenvalue weighted by molar-refractivity contribution is 5.79. The number of alkyl halides is 1. The molecule has 0 radical (unpaired) electrons. The van der Waals surface area contributed by atoms with Crippen LogP contribution in [0.15, 0.2) is 18.5 Å². The van der Waals surface area contributed by atoms with E-state index in [-0.39, 0.29) is 18.5 Å². The third kappa shape index (κ3) is 2.80. The summed E-state index contributed by atoms with van der Waals surface area (Å²) in [5, 5.41) is 13.2. The minimum atomic E-state index is -1.20. The van der Waals surface area contributed by atoms with Crippen LogP contribution >= 0.6 is 0 Å². The summed E-state index contributed by atoms with van der Waals surface area (Å²) in [7, 11) is 0. The second kappa shape index (κ2) is 6.38. The van der Waals surface area contributed by atoms with Crippen LogP contribution in [0.25, 0.3) is 0 Å². The Kier molecular flexibility index (Phi) is 4.32. The summed E-state index contributed by atoms with van der Waals surface area (Å²) >= 11 is 0. The molecule has 2 saturated heterocycles. The first-order valence-corrected chi connectivity index (χ1v) is 7.36. The van der Waals surface area contributed by atoms with E-state index in [1.54, 1.807) is 12.3 Å². The number of amides is 1. The van der Waals surface area contributed by atoms with E-state index >= 15 is 0 Å². The zero-order chi connectivity index (χ0) is 15.5. The molecule has 2 aliphatic rings. The topological polar surface area (TPSA) is 78.2 Å². The van der Waals surface area contributed by atoms with E-state index in [4.69, 9.17) is 10.1 Å². The Balaban J connectivity index is 1.80. The number of halogens is 1. The Morgan fingerprint density at radius 1 is 1.50 bits per heavy atom. The van der Waals surface area contributed by atoms with Gasteiger partial charge in [-0.05, 0) is 24.6 Å². The van der Waals surface area contributed by atoms with Crippen LogP contribution in [-0.2, 0) is 9.63 Å². The minimum Gasteiger partial charge on any atom is -0.314 e. The molecule has 0 spiro atoms. The van der Waals surface area contributed by atoms with Gasteiger partial charge in [0.15, 0.2) is 0 Å². The maximum Gasteiger partial charge on any atom is 0.252 e. The molecule has 3 atom stereocenters. The zero-order valence-corrected chi connectivity index (χ0v) is 12.0. The van der Waals surface area contributed by atoms with Gasteiger partial charge in [-0.1, -0.05) is 0 Å². The highest BCUT2D eigenvalue weighted by atomic mass is 19.1. The van der Waals surface area contributed by atoms with Gasteiger partial charge in [0.25, 0.3) is 5.91 Å². The summed E-state index contributed by atoms with van der Waals surface area (Å²) in [4.78, 5) is 22.1. The van der Waals surface area contributed by atoms with Crippen molar-refractivity contribution in [2.24, 2.45) is 5.92 Å². The van der Waals surface area contributed by atoms with E-state index in [0.29, 0.717) is 31.6 Å². The molecule has 1 amide bonds. The Morgan fingerprint density at radius 2 is 2.36 bits per heavy atom. The van der Waals surface area contributed by atoms with Crippen molar-refractivity contribution in [1.29, 1.82) is 5.26 Å². The van der Waals surface area contributed by atoms with E-state index < -0.39 is 12.1 Å². The van der Waals surface area contributed by atoms with Gasteiger partial charge in [-0.25, -0.2) is 9.45 Å². The van der Waals surface area contributed by atoms with Gasteiger partial charge >= 0.3 is 0 Å². The zero-order valence-electron chi connectivity index (χ0n) is 12.0. The lowest BCUT2D eigenvalue weighted by Gasteiger charge is -2.31. The molecule has 0 saturated carbocycles. The lowest BCUT2D eigenvalue weighted by atomic mass is 9.94. The van der Waals surface area contributed by atoms with Crippen LogP contribution in [0.2, 0.25) is 0 Å². The van der Waals surface area contributed by atoms with Crippen LogP contribution in [0.3, 0.4) is 0 Å². The quantitative estimate of drug-likeness (QED) is 0.885. The minimum absolute atomic E-state index is 0.195. The van der Waals surface area contributed by atoms with Crippen LogP contribution in [-0.4, -0.2) is 41.8 Å². The molecule has 1 N–H and O–H groups in total. The summed E-state index contributed by atoms with van der Waals surface area (Å²) in [5.74, 6) is -0.993. The van der Waals surface area contributed by atoms with Crippen molar-refractivity contribution < 1.29 is 14.0 Å². The number of carbonyl (C=O) groups excluding carboxylic acids is 1. The molecule has 0 bridgehead atoms. The maximum atomic E-state index is 14.0. The summed E-state index contributed by atoms with van der Waals surface area (Å²) in [6.07, 6.45) is 2.97. The number of nitrogens with zero attached hydrogens (tertiary/aromatic N) is 3. The number of hydroxylamine groups is 2. The van der Waals surface area contributed by atoms with E-state index in [1.165, 1.54) is 11.3 Å². The van der Waals surface area contributed by atoms with E-state index in [2.05, 4.69) is 10.3 Å². The monoisotopic (exact) mass is 304 g/mol. The molecule has 0 aromatic carbocycles. The van der Waals surface area contributed by atoms with Gasteiger partial charge < -0.3 is 5.32 Å². The molecule has 3 heterocycles. The normalized spacial score (nSPS) is 28.4. The molecule has 2 fully saturated rings. The maximum absolute atomic E-state index is 14.0. The summed E-state index contributed by atoms with van der Waals surface area (Å²) in [6, 6.07) is 3.42. The lowest BCUT2D eigenvalue weighted by Crippen LogP contribution is -2.46. The second-order valence-electron chi connectivity index (χ2n) is 5.54. The number of carbonyl (C=O) groups is 1. The first kappa shape index (κ1) is 14.9. The largest absolute Gasteiger partial charge is 0.314 e. The molecule has 3 rings (SSSR count). The number of nitriles is 1. The van der Waals surface area contributed by atoms with Gasteiger partial charge in [-0.2, -0.15) is 5.26 Å². The number of nitrogens with one attached hydrogen (secondary N) is 1. The summed E-state index contributed by atoms with van der Waals surface area (Å²) < 4.78 is 14.0. The summed E-state index contributed by atoms with van der Waals surface area (Å²) in [5.41, 5.74) is 1.18. The Bertz CT molecular complexity index is 603. The van der Waals surface area contributed by atoms with Gasteiger partial charge in [0, 0.05) is 25.4 Å². The van der Waals surface area contributed by atoms with E-state index in [1.807, 2.05) is 6.07 Å². The van der Waals surface area contributed by atoms with Crippen LogP contribution in [0.1, 0.15) is 30.0 Å². The van der Waals surface area contributed by atoms with E-state index in [9.17, 15) is 9.18 Å². The molecule has 116 valence electrons. The smallest absolute Gasteiger partial charge is 0.252 e. The van der Waals surface area contributed by atoms with Crippen molar-refractivity contribution in [3.8, 4) is 6.07 Å². The average molecular weight is 304 g/mol. The molecule has 2 aliphatic heterocycles. The van der Waals surface area contributed by atoms with Crippen molar-refractivity contribution >= 4 is 5.91 Å². The molecule has 1 aromatic heterocycles. The number of hydrogen-bond donors (Lipinski definition) is 1. The summed E-state index contributed by atoms with van der Waals surface area (Å²) in [6.45, 7) is 1.22. The van der Waals surface area contributed by atoms with Crippen molar-refractivity contribution in [3.63, 3.8) is 0 Å². The molecule has 22 heavy (non-hydrogen) atoms. The number of rotatable bonds is 2. The number of hydrogen-bond acceptors (Lipinski definition) is 5. The SMILES string of the molecule is N#Cc1cncc(C2CCON2C(=O)[C@H]2CCNC[C@H]2F)c1. The highest BCUT2D eigenvalue weighted by Gasteiger charge is 2.40. The fraction of sp³-hybridized carbons (Fsp3) is 0.533. The average Bonchev–Trinajstić information content (AvgIpc) is 3.04. The second-order valence-corrected chi connectivity index (χ2v) is 5.54. The van der Waals surface area contributed by atoms with Crippen molar-refractivity contribution in [1.82, 2.24) is 15.4 Å². The number of piperidine rings is 1. The fourth-order valence-electron chi connectivity index (χ4n) is 2.95. The van der Waals surface area contributed by atoms with Crippen LogP contribution in [0, 0.1) is 17.2 Å². The molecule has 0 aliphatic carbocycles. The molecule has 1 aromatic rings. The van der Waals surface area contributed by atoms with Gasteiger partial charge in [-0.15, -0.1) is 0 Å². The van der Waals surface area contributed by atoms with Gasteiger partial charge in [-0.3, -0.25) is 14.6 Å². The molecule has 7 heteroatoms. The standard InChI is InChI=1S/C15H17FN4O2/c16-13-9-18-3-1-12(13)15(21)20-14(2-4-22-20)11-5-10(6-17)7-19-8-11/h5,7-8,12-14,18H,1-4,9H2/t12-,13+,14?/m0/s1. The van der Waals surface area contributed by atoms with Crippen molar-refractivity contribution in [2.75, 3.05) is 19.7 Å². The van der Waals surface area contributed by atoms with Crippen molar-refractivity contribution in [3.05, 3.63) is 29.6 Å². The van der Waals surface area contributed by atoms with E-state index in [0.717, 1.165) is 5.56 Å². The van der Waals surface area contributed by atoms with Crippen LogP contribution < -0.4 is 5.32 Å². The highest BCUT2D eigenvalue weighted by Crippen LogP contribution is 2.33. The Morgan fingerprint density at radius 3 is 3.14 bits per heavy atom. The third-order valence-electron chi connectivity index (χ3n) is 4.12. The molecule has 6 nitrogen and oxygen atoms in total. The van der Waals surface area contributed by atoms with Gasteiger partial charge in [0.2, 0.25) is 0 Å². The lowest BCUT2D eigenvalue weighted by molar-refractivity contribution is -0.184. The van der Waals surface area contributed by atoms with Crippen LogP contribution in [0.4, 0.5) is 4.39 Å². The fourth-order valence-corrected chi connectivity index (χ4v) is 2.95. The Hall–Kier alpha value is -2.04. The number of aromatic nitrogens is 1. The third-order valence-corrected chi connectivity index (χ3v) is 4.12. The molecule has 1 unspecified atom stereocenters. The van der Waals surface area contributed by atoms with Crippen molar-refractivity contribution in [2.45, 2.75) is 25.1 Å². The first-order chi connectivity index (χ1) is 10.7. The Labute approximate surface area is 127 Å².